The van der Waals surface area contributed by atoms with Crippen molar-refractivity contribution in [1.29, 1.82) is 0 Å². The number of hydrogen-bond acceptors (Lipinski definition) is 2. The number of carbonyl (C=O) groups excluding carboxylic acids is 1. The number of aromatic nitrogens is 2. The summed E-state index contributed by atoms with van der Waals surface area (Å²) >= 11 is 0. The van der Waals surface area contributed by atoms with Crippen LogP contribution < -0.4 is 0 Å². The summed E-state index contributed by atoms with van der Waals surface area (Å²) in [6.07, 6.45) is 0. The summed E-state index contributed by atoms with van der Waals surface area (Å²) in [5.74, 6) is -0.0291. The second kappa shape index (κ2) is 5.37. The summed E-state index contributed by atoms with van der Waals surface area (Å²) in [5.41, 5.74) is 4.56. The number of carbonyl (C=O) groups is 1. The Morgan fingerprint density at radius 1 is 1.00 bits per heavy atom. The molecule has 0 spiro atoms. The third-order valence-electron chi connectivity index (χ3n) is 3.39. The molecule has 104 valence electrons. The number of aryl methyl sites for hydroxylation is 1. The maximum atomic E-state index is 11.7. The van der Waals surface area contributed by atoms with Gasteiger partial charge in [0.25, 0.3) is 0 Å². The van der Waals surface area contributed by atoms with Crippen LogP contribution in [0.4, 0.5) is 0 Å². The van der Waals surface area contributed by atoms with Crippen molar-refractivity contribution < 1.29 is 4.79 Å². The predicted molar refractivity (Wildman–Crippen MR) is 83.7 cm³/mol. The Balaban J connectivity index is 2.21. The van der Waals surface area contributed by atoms with Crippen LogP contribution in [0, 0.1) is 6.92 Å². The van der Waals surface area contributed by atoms with Crippen molar-refractivity contribution in [2.75, 3.05) is 0 Å². The van der Waals surface area contributed by atoms with Gasteiger partial charge in [0.15, 0.2) is 5.78 Å². The zero-order valence-electron chi connectivity index (χ0n) is 12.1. The summed E-state index contributed by atoms with van der Waals surface area (Å²) in [5, 5.41) is 4.46. The molecular formula is C18H16N2O. The molecule has 0 unspecified atom stereocenters. The number of hydrogen-bond donors (Lipinski definition) is 0. The molecular weight excluding hydrogens is 260 g/mol. The SMILES string of the molecule is CC(=O)c1cc(-c2ccccc2)n(-c2cccc(C)c2)n1. The van der Waals surface area contributed by atoms with E-state index in [1.807, 2.05) is 66.2 Å². The molecule has 0 aliphatic carbocycles. The number of ketones is 1. The average molecular weight is 276 g/mol. The van der Waals surface area contributed by atoms with Crippen LogP contribution in [0.2, 0.25) is 0 Å². The van der Waals surface area contributed by atoms with Crippen LogP contribution in [0.15, 0.2) is 60.7 Å². The minimum Gasteiger partial charge on any atom is -0.293 e. The lowest BCUT2D eigenvalue weighted by Crippen LogP contribution is -2.01. The Bertz CT molecular complexity index is 788. The van der Waals surface area contributed by atoms with Gasteiger partial charge in [-0.15, -0.1) is 0 Å². The molecule has 0 radical (unpaired) electrons. The van der Waals surface area contributed by atoms with Gasteiger partial charge in [0.2, 0.25) is 0 Å². The minimum atomic E-state index is -0.0291. The third kappa shape index (κ3) is 2.63. The zero-order chi connectivity index (χ0) is 14.8. The van der Waals surface area contributed by atoms with Gasteiger partial charge in [0.05, 0.1) is 11.4 Å². The predicted octanol–water partition coefficient (Wildman–Crippen LogP) is 4.05. The molecule has 0 N–H and O–H groups in total. The normalized spacial score (nSPS) is 10.6. The smallest absolute Gasteiger partial charge is 0.180 e. The first kappa shape index (κ1) is 13.3. The molecule has 3 aromatic rings. The molecule has 0 saturated carbocycles. The highest BCUT2D eigenvalue weighted by atomic mass is 16.1. The first-order valence-corrected chi connectivity index (χ1v) is 6.88. The molecule has 2 aromatic carbocycles. The first-order valence-electron chi connectivity index (χ1n) is 6.88. The van der Waals surface area contributed by atoms with Crippen LogP contribution in [0.3, 0.4) is 0 Å². The van der Waals surface area contributed by atoms with Gasteiger partial charge >= 0.3 is 0 Å². The third-order valence-corrected chi connectivity index (χ3v) is 3.39. The molecule has 0 amide bonds. The van der Waals surface area contributed by atoms with E-state index >= 15 is 0 Å². The van der Waals surface area contributed by atoms with Crippen LogP contribution in [0.25, 0.3) is 16.9 Å². The van der Waals surface area contributed by atoms with Crippen molar-refractivity contribution in [2.45, 2.75) is 13.8 Å². The van der Waals surface area contributed by atoms with E-state index in [4.69, 9.17) is 0 Å². The van der Waals surface area contributed by atoms with Gasteiger partial charge in [-0.1, -0.05) is 42.5 Å². The Morgan fingerprint density at radius 2 is 1.76 bits per heavy atom. The molecule has 1 heterocycles. The number of benzene rings is 2. The highest BCUT2D eigenvalue weighted by molar-refractivity contribution is 5.93. The maximum Gasteiger partial charge on any atom is 0.180 e. The Labute approximate surface area is 123 Å². The van der Waals surface area contributed by atoms with Gasteiger partial charge < -0.3 is 0 Å². The molecule has 0 aliphatic heterocycles. The molecule has 21 heavy (non-hydrogen) atoms. The van der Waals surface area contributed by atoms with Crippen molar-refractivity contribution in [3.63, 3.8) is 0 Å². The molecule has 0 bridgehead atoms. The first-order chi connectivity index (χ1) is 10.1. The number of rotatable bonds is 3. The fraction of sp³-hybridized carbons (Fsp3) is 0.111. The van der Waals surface area contributed by atoms with E-state index in [0.717, 1.165) is 22.5 Å². The van der Waals surface area contributed by atoms with Crippen molar-refractivity contribution >= 4 is 5.78 Å². The van der Waals surface area contributed by atoms with Crippen LogP contribution >= 0.6 is 0 Å². The summed E-state index contributed by atoms with van der Waals surface area (Å²) in [4.78, 5) is 11.7. The molecule has 0 aliphatic rings. The van der Waals surface area contributed by atoms with Gasteiger partial charge in [0, 0.05) is 12.5 Å². The summed E-state index contributed by atoms with van der Waals surface area (Å²) < 4.78 is 1.83. The van der Waals surface area contributed by atoms with E-state index in [1.54, 1.807) is 0 Å². The van der Waals surface area contributed by atoms with Gasteiger partial charge in [-0.2, -0.15) is 5.10 Å². The van der Waals surface area contributed by atoms with Gasteiger partial charge in [-0.3, -0.25) is 4.79 Å². The van der Waals surface area contributed by atoms with Crippen LogP contribution in [0.5, 0.6) is 0 Å². The molecule has 0 saturated heterocycles. The quantitative estimate of drug-likeness (QED) is 0.676. The van der Waals surface area contributed by atoms with E-state index in [2.05, 4.69) is 11.2 Å². The van der Waals surface area contributed by atoms with Crippen LogP contribution in [-0.4, -0.2) is 15.6 Å². The fourth-order valence-corrected chi connectivity index (χ4v) is 2.32. The lowest BCUT2D eigenvalue weighted by Gasteiger charge is -2.08. The Kier molecular flexibility index (Phi) is 3.40. The minimum absolute atomic E-state index is 0.0291. The molecule has 0 atom stereocenters. The monoisotopic (exact) mass is 276 g/mol. The van der Waals surface area contributed by atoms with E-state index < -0.39 is 0 Å². The zero-order valence-corrected chi connectivity index (χ0v) is 12.1. The highest BCUT2D eigenvalue weighted by Crippen LogP contribution is 2.24. The van der Waals surface area contributed by atoms with Gasteiger partial charge in [-0.25, -0.2) is 4.68 Å². The van der Waals surface area contributed by atoms with Gasteiger partial charge in [-0.05, 0) is 30.7 Å². The summed E-state index contributed by atoms with van der Waals surface area (Å²) in [6, 6.07) is 19.9. The van der Waals surface area contributed by atoms with E-state index in [1.165, 1.54) is 6.92 Å². The number of Topliss-reactive ketones (excluding diaryl/α,β-unsaturated/α-hetero) is 1. The second-order valence-electron chi connectivity index (χ2n) is 5.09. The Hall–Kier alpha value is -2.68. The van der Waals surface area contributed by atoms with E-state index in [9.17, 15) is 4.79 Å². The van der Waals surface area contributed by atoms with Crippen LogP contribution in [0.1, 0.15) is 23.0 Å². The second-order valence-corrected chi connectivity index (χ2v) is 5.09. The molecule has 3 rings (SSSR count). The van der Waals surface area contributed by atoms with E-state index in [-0.39, 0.29) is 5.78 Å². The topological polar surface area (TPSA) is 34.9 Å². The standard InChI is InChI=1S/C18H16N2O/c1-13-7-6-10-16(11-13)20-18(12-17(19-20)14(2)21)15-8-4-3-5-9-15/h3-12H,1-2H3. The highest BCUT2D eigenvalue weighted by Gasteiger charge is 2.13. The van der Waals surface area contributed by atoms with Gasteiger partial charge in [0.1, 0.15) is 5.69 Å². The van der Waals surface area contributed by atoms with Crippen molar-refractivity contribution in [3.8, 4) is 16.9 Å². The molecule has 3 heteroatoms. The summed E-state index contributed by atoms with van der Waals surface area (Å²) in [7, 11) is 0. The van der Waals surface area contributed by atoms with Crippen LogP contribution in [-0.2, 0) is 0 Å². The number of nitrogens with zero attached hydrogens (tertiary/aromatic N) is 2. The molecule has 0 fully saturated rings. The van der Waals surface area contributed by atoms with E-state index in [0.29, 0.717) is 5.69 Å². The maximum absolute atomic E-state index is 11.7. The molecule has 3 nitrogen and oxygen atoms in total. The lowest BCUT2D eigenvalue weighted by molar-refractivity contribution is 0.101. The fourth-order valence-electron chi connectivity index (χ4n) is 2.32. The lowest BCUT2D eigenvalue weighted by atomic mass is 10.1. The van der Waals surface area contributed by atoms with Crippen molar-refractivity contribution in [3.05, 3.63) is 71.9 Å². The Morgan fingerprint density at radius 3 is 2.43 bits per heavy atom. The average Bonchev–Trinajstić information content (AvgIpc) is 2.93. The summed E-state index contributed by atoms with van der Waals surface area (Å²) in [6.45, 7) is 3.58. The molecule has 1 aromatic heterocycles. The largest absolute Gasteiger partial charge is 0.293 e. The van der Waals surface area contributed by atoms with Crippen molar-refractivity contribution in [2.24, 2.45) is 0 Å². The van der Waals surface area contributed by atoms with Crippen molar-refractivity contribution in [1.82, 2.24) is 9.78 Å².